The van der Waals surface area contributed by atoms with Gasteiger partial charge in [0.25, 0.3) is 0 Å². The summed E-state index contributed by atoms with van der Waals surface area (Å²) >= 11 is 0. The molecule has 3 N–H and O–H groups in total. The van der Waals surface area contributed by atoms with Crippen LogP contribution in [0.4, 0.5) is 10.5 Å². The molecule has 7 nitrogen and oxygen atoms in total. The summed E-state index contributed by atoms with van der Waals surface area (Å²) in [5.41, 5.74) is 0.714. The predicted octanol–water partition coefficient (Wildman–Crippen LogP) is 3.01. The van der Waals surface area contributed by atoms with E-state index in [1.54, 1.807) is 0 Å². The molecule has 0 unspecified atom stereocenters. The number of nitrogens with zero attached hydrogens (tertiary/aromatic N) is 2. The third-order valence-corrected chi connectivity index (χ3v) is 3.91. The normalized spacial score (nSPS) is 16.0. The van der Waals surface area contributed by atoms with Crippen LogP contribution in [0.15, 0.2) is 30.6 Å². The number of carbonyl (C=O) groups excluding carboxylic acids is 1. The summed E-state index contributed by atoms with van der Waals surface area (Å²) in [4.78, 5) is 16.0. The maximum Gasteiger partial charge on any atom is 0.319 e. The number of aromatic nitrogens is 3. The predicted molar refractivity (Wildman–Crippen MR) is 86.3 cm³/mol. The molecule has 0 radical (unpaired) electrons. The Morgan fingerprint density at radius 3 is 2.70 bits per heavy atom. The fourth-order valence-corrected chi connectivity index (χ4v) is 2.67. The van der Waals surface area contributed by atoms with Crippen molar-refractivity contribution in [2.75, 3.05) is 5.32 Å². The first-order chi connectivity index (χ1) is 11.2. The van der Waals surface area contributed by atoms with Crippen LogP contribution in [0.2, 0.25) is 0 Å². The minimum Gasteiger partial charge on any atom is -0.490 e. The van der Waals surface area contributed by atoms with Crippen LogP contribution < -0.4 is 15.4 Å². The number of H-pyrrole nitrogens is 1. The SMILES string of the molecule is C[C@@H](NC(=O)Nc1ccc(OC2CCCC2)cc1)c1ncn[nH]1. The average Bonchev–Trinajstić information content (AvgIpc) is 3.22. The third-order valence-electron chi connectivity index (χ3n) is 3.91. The Hall–Kier alpha value is -2.57. The molecule has 0 spiro atoms. The molecule has 122 valence electrons. The van der Waals surface area contributed by atoms with Crippen molar-refractivity contribution in [1.82, 2.24) is 20.5 Å². The van der Waals surface area contributed by atoms with Gasteiger partial charge in [-0.15, -0.1) is 0 Å². The second kappa shape index (κ2) is 7.13. The zero-order chi connectivity index (χ0) is 16.1. The van der Waals surface area contributed by atoms with Crippen molar-refractivity contribution in [3.8, 4) is 5.75 Å². The molecule has 3 rings (SSSR count). The van der Waals surface area contributed by atoms with Gasteiger partial charge in [0.1, 0.15) is 17.9 Å². The van der Waals surface area contributed by atoms with Gasteiger partial charge in [0.05, 0.1) is 12.1 Å². The number of benzene rings is 1. The van der Waals surface area contributed by atoms with Crippen LogP contribution in [-0.2, 0) is 0 Å². The van der Waals surface area contributed by atoms with Crippen LogP contribution in [0.1, 0.15) is 44.5 Å². The lowest BCUT2D eigenvalue weighted by atomic mass is 10.2. The fraction of sp³-hybridized carbons (Fsp3) is 0.438. The first-order valence-electron chi connectivity index (χ1n) is 7.90. The summed E-state index contributed by atoms with van der Waals surface area (Å²) in [7, 11) is 0. The van der Waals surface area contributed by atoms with Crippen molar-refractivity contribution in [2.45, 2.75) is 44.8 Å². The van der Waals surface area contributed by atoms with E-state index in [-0.39, 0.29) is 12.1 Å². The highest BCUT2D eigenvalue weighted by Gasteiger charge is 2.16. The largest absolute Gasteiger partial charge is 0.490 e. The monoisotopic (exact) mass is 315 g/mol. The number of urea groups is 1. The average molecular weight is 315 g/mol. The van der Waals surface area contributed by atoms with Gasteiger partial charge in [0, 0.05) is 5.69 Å². The lowest BCUT2D eigenvalue weighted by Crippen LogP contribution is -2.31. The quantitative estimate of drug-likeness (QED) is 0.791. The molecule has 1 aromatic carbocycles. The molecule has 0 bridgehead atoms. The van der Waals surface area contributed by atoms with Gasteiger partial charge in [-0.05, 0) is 56.9 Å². The fourth-order valence-electron chi connectivity index (χ4n) is 2.67. The van der Waals surface area contributed by atoms with Gasteiger partial charge in [-0.25, -0.2) is 9.78 Å². The van der Waals surface area contributed by atoms with Gasteiger partial charge in [-0.2, -0.15) is 5.10 Å². The van der Waals surface area contributed by atoms with E-state index < -0.39 is 0 Å². The van der Waals surface area contributed by atoms with E-state index in [4.69, 9.17) is 4.74 Å². The van der Waals surface area contributed by atoms with Crippen LogP contribution in [0, 0.1) is 0 Å². The minimum atomic E-state index is -0.293. The molecule has 1 atom stereocenters. The zero-order valence-corrected chi connectivity index (χ0v) is 13.1. The highest BCUT2D eigenvalue weighted by Crippen LogP contribution is 2.25. The number of aromatic amines is 1. The Kier molecular flexibility index (Phi) is 4.75. The number of rotatable bonds is 5. The molecule has 0 aliphatic heterocycles. The smallest absolute Gasteiger partial charge is 0.319 e. The molecule has 1 aliphatic carbocycles. The number of hydrogen-bond acceptors (Lipinski definition) is 4. The number of carbonyl (C=O) groups is 1. The topological polar surface area (TPSA) is 91.9 Å². The molecule has 1 fully saturated rings. The van der Waals surface area contributed by atoms with Gasteiger partial charge in [-0.1, -0.05) is 0 Å². The van der Waals surface area contributed by atoms with E-state index in [2.05, 4.69) is 25.8 Å². The van der Waals surface area contributed by atoms with E-state index in [1.807, 2.05) is 31.2 Å². The number of nitrogens with one attached hydrogen (secondary N) is 3. The lowest BCUT2D eigenvalue weighted by molar-refractivity contribution is 0.210. The second-order valence-electron chi connectivity index (χ2n) is 5.74. The number of hydrogen-bond donors (Lipinski definition) is 3. The molecule has 1 heterocycles. The van der Waals surface area contributed by atoms with Crippen LogP contribution in [0.25, 0.3) is 0 Å². The maximum atomic E-state index is 12.0. The van der Waals surface area contributed by atoms with Gasteiger partial charge in [-0.3, -0.25) is 5.10 Å². The van der Waals surface area contributed by atoms with Gasteiger partial charge < -0.3 is 15.4 Å². The van der Waals surface area contributed by atoms with Gasteiger partial charge in [0.15, 0.2) is 0 Å². The van der Waals surface area contributed by atoms with Crippen LogP contribution in [-0.4, -0.2) is 27.3 Å². The first-order valence-corrected chi connectivity index (χ1v) is 7.90. The first kappa shape index (κ1) is 15.3. The molecule has 2 amide bonds. The Morgan fingerprint density at radius 2 is 2.04 bits per heavy atom. The highest BCUT2D eigenvalue weighted by molar-refractivity contribution is 5.89. The summed E-state index contributed by atoms with van der Waals surface area (Å²) in [6, 6.07) is 6.90. The Morgan fingerprint density at radius 1 is 1.30 bits per heavy atom. The van der Waals surface area contributed by atoms with Crippen LogP contribution in [0.3, 0.4) is 0 Å². The lowest BCUT2D eigenvalue weighted by Gasteiger charge is -2.14. The molecule has 23 heavy (non-hydrogen) atoms. The van der Waals surface area contributed by atoms with Crippen molar-refractivity contribution in [3.63, 3.8) is 0 Å². The third kappa shape index (κ3) is 4.21. The van der Waals surface area contributed by atoms with E-state index in [0.29, 0.717) is 17.6 Å². The molecule has 1 aliphatic rings. The highest BCUT2D eigenvalue weighted by atomic mass is 16.5. The van der Waals surface area contributed by atoms with E-state index in [0.717, 1.165) is 18.6 Å². The summed E-state index contributed by atoms with van der Waals surface area (Å²) in [6.45, 7) is 1.83. The molecular weight excluding hydrogens is 294 g/mol. The van der Waals surface area contributed by atoms with Crippen molar-refractivity contribution in [3.05, 3.63) is 36.4 Å². The van der Waals surface area contributed by atoms with E-state index >= 15 is 0 Å². The molecule has 1 saturated carbocycles. The van der Waals surface area contributed by atoms with Gasteiger partial charge >= 0.3 is 6.03 Å². The van der Waals surface area contributed by atoms with Gasteiger partial charge in [0.2, 0.25) is 0 Å². The molecule has 0 saturated heterocycles. The molecule has 2 aromatic rings. The molecular formula is C16H21N5O2. The number of ether oxygens (including phenoxy) is 1. The summed E-state index contributed by atoms with van der Waals surface area (Å²) in [5.74, 6) is 1.46. The molecule has 7 heteroatoms. The number of amides is 2. The Bertz CT molecular complexity index is 620. The molecule has 1 aromatic heterocycles. The second-order valence-corrected chi connectivity index (χ2v) is 5.74. The maximum absolute atomic E-state index is 12.0. The summed E-state index contributed by atoms with van der Waals surface area (Å²) < 4.78 is 5.90. The van der Waals surface area contributed by atoms with Crippen molar-refractivity contribution in [1.29, 1.82) is 0 Å². The Balaban J connectivity index is 1.50. The standard InChI is InChI=1S/C16H21N5O2/c1-11(15-17-10-18-21-15)19-16(22)20-12-6-8-14(9-7-12)23-13-4-2-3-5-13/h6-11,13H,2-5H2,1H3,(H,17,18,21)(H2,19,20,22)/t11-/m1/s1. The zero-order valence-electron chi connectivity index (χ0n) is 13.1. The summed E-state index contributed by atoms with van der Waals surface area (Å²) in [5, 5.41) is 12.1. The van der Waals surface area contributed by atoms with Crippen molar-refractivity contribution in [2.24, 2.45) is 0 Å². The van der Waals surface area contributed by atoms with E-state index in [9.17, 15) is 4.79 Å². The van der Waals surface area contributed by atoms with Crippen molar-refractivity contribution >= 4 is 11.7 Å². The minimum absolute atomic E-state index is 0.248. The number of anilines is 1. The van der Waals surface area contributed by atoms with E-state index in [1.165, 1.54) is 19.2 Å². The Labute approximate surface area is 134 Å². The van der Waals surface area contributed by atoms with Crippen molar-refractivity contribution < 1.29 is 9.53 Å². The summed E-state index contributed by atoms with van der Waals surface area (Å²) in [6.07, 6.45) is 6.49. The van der Waals surface area contributed by atoms with Crippen LogP contribution >= 0.6 is 0 Å². The van der Waals surface area contributed by atoms with Crippen LogP contribution in [0.5, 0.6) is 5.75 Å².